The van der Waals surface area contributed by atoms with Crippen LogP contribution in [-0.2, 0) is 31.0 Å². The van der Waals surface area contributed by atoms with E-state index in [1.807, 2.05) is 10.0 Å². The quantitative estimate of drug-likeness (QED) is 0.283. The fraction of sp³-hybridized carbons (Fsp3) is 0.259. The molecule has 0 aliphatic carbocycles. The highest BCUT2D eigenvalue weighted by Crippen LogP contribution is 2.24. The Morgan fingerprint density at radius 1 is 0.841 bits per heavy atom. The van der Waals surface area contributed by atoms with Crippen molar-refractivity contribution in [1.82, 2.24) is 9.88 Å². The van der Waals surface area contributed by atoms with E-state index < -0.39 is 74.6 Å². The van der Waals surface area contributed by atoms with Crippen LogP contribution in [0.15, 0.2) is 76.4 Å². The molecule has 1 unspecified atom stereocenters. The molecule has 236 valence electrons. The lowest BCUT2D eigenvalue weighted by Gasteiger charge is -2.23. The molecule has 3 rings (SSSR count). The van der Waals surface area contributed by atoms with E-state index in [1.165, 1.54) is 19.9 Å². The Morgan fingerprint density at radius 3 is 1.95 bits per heavy atom. The van der Waals surface area contributed by atoms with E-state index in [0.29, 0.717) is 5.56 Å². The van der Waals surface area contributed by atoms with Crippen molar-refractivity contribution < 1.29 is 49.1 Å². The molecule has 0 saturated heterocycles. The number of nitrogens with zero attached hydrogens (tertiary/aromatic N) is 1. The summed E-state index contributed by atoms with van der Waals surface area (Å²) in [5.41, 5.74) is -1.56. The first-order chi connectivity index (χ1) is 20.3. The van der Waals surface area contributed by atoms with E-state index in [0.717, 1.165) is 34.9 Å². The summed E-state index contributed by atoms with van der Waals surface area (Å²) in [7, 11) is -4.56. The third-order valence-electron chi connectivity index (χ3n) is 6.01. The molecule has 0 spiro atoms. The number of carbonyl (C=O) groups is 3. The Hall–Kier alpha value is -4.67. The summed E-state index contributed by atoms with van der Waals surface area (Å²) in [5.74, 6) is -6.58. The predicted octanol–water partition coefficient (Wildman–Crippen LogP) is 4.09. The van der Waals surface area contributed by atoms with Crippen LogP contribution in [0.5, 0.6) is 0 Å². The molecule has 0 saturated carbocycles. The largest absolute Gasteiger partial charge is 0.471 e. The summed E-state index contributed by atoms with van der Waals surface area (Å²) in [6.45, 7) is 1.66. The van der Waals surface area contributed by atoms with E-state index in [9.17, 15) is 53.9 Å². The van der Waals surface area contributed by atoms with Gasteiger partial charge in [0, 0.05) is 5.69 Å². The smallest absolute Gasteiger partial charge is 0.344 e. The fourth-order valence-electron chi connectivity index (χ4n) is 3.87. The second-order valence-electron chi connectivity index (χ2n) is 9.62. The zero-order valence-corrected chi connectivity index (χ0v) is 23.6. The van der Waals surface area contributed by atoms with Crippen LogP contribution >= 0.6 is 0 Å². The molecule has 0 aliphatic rings. The standard InChI is InChI=1S/C27H24F6N4O6S/c1-15(2)22(23(39)26(28,29)30)35-21(38)14-37-20(16-6-4-3-5-7-16)13-12-19(24(37)40)36-44(42,43)18-10-8-17(9-11-18)34-25(41)27(31,32)33/h3-13,15,22,36H,14H2,1-2H3,(H,34,41)(H,35,38). The summed E-state index contributed by atoms with van der Waals surface area (Å²) in [5, 5.41) is 3.54. The molecule has 44 heavy (non-hydrogen) atoms. The average molecular weight is 647 g/mol. The Balaban J connectivity index is 1.95. The highest BCUT2D eigenvalue weighted by molar-refractivity contribution is 7.92. The molecular weight excluding hydrogens is 622 g/mol. The molecule has 2 amide bonds. The first kappa shape index (κ1) is 33.8. The van der Waals surface area contributed by atoms with Crippen molar-refractivity contribution in [2.45, 2.75) is 43.7 Å². The number of hydrogen-bond acceptors (Lipinski definition) is 6. The summed E-state index contributed by atoms with van der Waals surface area (Å²) in [4.78, 5) is 48.7. The van der Waals surface area contributed by atoms with Crippen LogP contribution < -0.4 is 20.9 Å². The van der Waals surface area contributed by atoms with E-state index >= 15 is 0 Å². The molecule has 0 fully saturated rings. The summed E-state index contributed by atoms with van der Waals surface area (Å²) in [6, 6.07) is 11.8. The Kier molecular flexibility index (Phi) is 9.92. The first-order valence-corrected chi connectivity index (χ1v) is 14.0. The second-order valence-corrected chi connectivity index (χ2v) is 11.3. The van der Waals surface area contributed by atoms with E-state index in [-0.39, 0.29) is 11.4 Å². The molecule has 10 nitrogen and oxygen atoms in total. The van der Waals surface area contributed by atoms with Crippen LogP contribution in [0.2, 0.25) is 0 Å². The van der Waals surface area contributed by atoms with Crippen LogP contribution in [0, 0.1) is 5.92 Å². The molecule has 17 heteroatoms. The lowest BCUT2D eigenvalue weighted by atomic mass is 9.99. The average Bonchev–Trinajstić information content (AvgIpc) is 2.93. The van der Waals surface area contributed by atoms with Gasteiger partial charge in [0.25, 0.3) is 21.4 Å². The van der Waals surface area contributed by atoms with E-state index in [2.05, 4.69) is 0 Å². The van der Waals surface area contributed by atoms with Gasteiger partial charge < -0.3 is 10.6 Å². The van der Waals surface area contributed by atoms with Gasteiger partial charge in [-0.15, -0.1) is 0 Å². The number of carbonyl (C=O) groups excluding carboxylic acids is 3. The molecule has 0 radical (unpaired) electrons. The monoisotopic (exact) mass is 646 g/mol. The summed E-state index contributed by atoms with van der Waals surface area (Å²) in [6.07, 6.45) is -10.4. The van der Waals surface area contributed by atoms with Gasteiger partial charge >= 0.3 is 18.3 Å². The normalized spacial score (nSPS) is 12.8. The Morgan fingerprint density at radius 2 is 1.43 bits per heavy atom. The molecule has 3 N–H and O–H groups in total. The Bertz CT molecular complexity index is 1700. The molecule has 3 aromatic rings. The molecule has 2 aromatic carbocycles. The highest BCUT2D eigenvalue weighted by atomic mass is 32.2. The number of sulfonamides is 1. The maximum atomic E-state index is 13.4. The van der Waals surface area contributed by atoms with Crippen LogP contribution in [0.4, 0.5) is 37.7 Å². The van der Waals surface area contributed by atoms with Crippen molar-refractivity contribution in [2.75, 3.05) is 10.0 Å². The third-order valence-corrected chi connectivity index (χ3v) is 7.40. The highest BCUT2D eigenvalue weighted by Gasteiger charge is 2.45. The third kappa shape index (κ3) is 8.24. The van der Waals surface area contributed by atoms with E-state index in [4.69, 9.17) is 0 Å². The number of rotatable bonds is 10. The molecule has 1 aromatic heterocycles. The summed E-state index contributed by atoms with van der Waals surface area (Å²) >= 11 is 0. The van der Waals surface area contributed by atoms with Gasteiger partial charge in [-0.2, -0.15) is 26.3 Å². The number of aromatic nitrogens is 1. The zero-order valence-electron chi connectivity index (χ0n) is 22.8. The Labute approximate surface area is 246 Å². The van der Waals surface area contributed by atoms with Crippen LogP contribution in [0.25, 0.3) is 11.3 Å². The molecular formula is C27H24F6N4O6S. The summed E-state index contributed by atoms with van der Waals surface area (Å²) < 4.78 is 105. The van der Waals surface area contributed by atoms with Gasteiger partial charge in [-0.3, -0.25) is 28.5 Å². The van der Waals surface area contributed by atoms with Crippen molar-refractivity contribution in [3.8, 4) is 11.3 Å². The maximum Gasteiger partial charge on any atom is 0.471 e. The van der Waals surface area contributed by atoms with Gasteiger partial charge in [0.05, 0.1) is 16.6 Å². The molecule has 0 aliphatic heterocycles. The van der Waals surface area contributed by atoms with Gasteiger partial charge in [0.1, 0.15) is 12.2 Å². The second kappa shape index (κ2) is 12.9. The van der Waals surface area contributed by atoms with Gasteiger partial charge in [-0.25, -0.2) is 8.42 Å². The number of anilines is 2. The number of Topliss-reactive ketones (excluding diaryl/α,β-unsaturated/α-hetero) is 1. The number of pyridine rings is 1. The number of amides is 2. The minimum atomic E-state index is -5.24. The minimum absolute atomic E-state index is 0.0849. The fourth-order valence-corrected chi connectivity index (χ4v) is 4.93. The zero-order chi connectivity index (χ0) is 33.0. The SMILES string of the molecule is CC(C)C(NC(=O)Cn1c(-c2ccccc2)ccc(NS(=O)(=O)c2ccc(NC(=O)C(F)(F)F)cc2)c1=O)C(=O)C(F)(F)F. The van der Waals surface area contributed by atoms with Crippen molar-refractivity contribution >= 4 is 39.0 Å². The lowest BCUT2D eigenvalue weighted by molar-refractivity contribution is -0.174. The number of benzene rings is 2. The maximum absolute atomic E-state index is 13.4. The number of nitrogens with one attached hydrogen (secondary N) is 3. The van der Waals surface area contributed by atoms with Crippen LogP contribution in [0.1, 0.15) is 13.8 Å². The number of halogens is 6. The first-order valence-electron chi connectivity index (χ1n) is 12.5. The van der Waals surface area contributed by atoms with Gasteiger partial charge in [0.15, 0.2) is 0 Å². The van der Waals surface area contributed by atoms with Crippen molar-refractivity contribution in [2.24, 2.45) is 5.92 Å². The van der Waals surface area contributed by atoms with Crippen molar-refractivity contribution in [1.29, 1.82) is 0 Å². The number of hydrogen-bond donors (Lipinski definition) is 3. The predicted molar refractivity (Wildman–Crippen MR) is 146 cm³/mol. The lowest BCUT2D eigenvalue weighted by Crippen LogP contribution is -2.50. The molecule has 0 bridgehead atoms. The molecule has 1 atom stereocenters. The van der Waals surface area contributed by atoms with Crippen LogP contribution in [0.3, 0.4) is 0 Å². The number of ketones is 1. The van der Waals surface area contributed by atoms with E-state index in [1.54, 1.807) is 35.6 Å². The van der Waals surface area contributed by atoms with Crippen molar-refractivity contribution in [3.63, 3.8) is 0 Å². The number of alkyl halides is 6. The van der Waals surface area contributed by atoms with Gasteiger partial charge in [0.2, 0.25) is 5.91 Å². The topological polar surface area (TPSA) is 143 Å². The van der Waals surface area contributed by atoms with Gasteiger partial charge in [-0.05, 0) is 47.9 Å². The van der Waals surface area contributed by atoms with Crippen molar-refractivity contribution in [3.05, 3.63) is 77.1 Å². The molecule has 1 heterocycles. The van der Waals surface area contributed by atoms with Crippen LogP contribution in [-0.4, -0.2) is 49.0 Å². The van der Waals surface area contributed by atoms with Gasteiger partial charge in [-0.1, -0.05) is 44.2 Å². The minimum Gasteiger partial charge on any atom is -0.344 e.